The normalized spacial score (nSPS) is 24.2. The van der Waals surface area contributed by atoms with Gasteiger partial charge in [-0.2, -0.15) is 13.2 Å². The molecule has 1 saturated heterocycles. The number of esters is 1. The molecule has 3 aromatic carbocycles. The number of halogens is 5. The maximum Gasteiger partial charge on any atom is 0.401 e. The molecule has 1 aliphatic heterocycles. The van der Waals surface area contributed by atoms with Crippen LogP contribution in [0.4, 0.5) is 13.2 Å². The number of ether oxygens (including phenoxy) is 1. The molecule has 1 fully saturated rings. The van der Waals surface area contributed by atoms with Gasteiger partial charge in [-0.05, 0) is 47.5 Å². The van der Waals surface area contributed by atoms with Crippen molar-refractivity contribution in [3.63, 3.8) is 0 Å². The van der Waals surface area contributed by atoms with Gasteiger partial charge in [-0.15, -0.1) is 0 Å². The maximum absolute atomic E-state index is 15.4. The lowest BCUT2D eigenvalue weighted by molar-refractivity contribution is -0.206. The van der Waals surface area contributed by atoms with Crippen LogP contribution in [0.25, 0.3) is 0 Å². The average molecular weight is 567 g/mol. The third-order valence-corrected chi connectivity index (χ3v) is 7.20. The zero-order valence-corrected chi connectivity index (χ0v) is 20.7. The van der Waals surface area contributed by atoms with Crippen LogP contribution in [-0.2, 0) is 14.9 Å². The minimum Gasteiger partial charge on any atom is -0.468 e. The fourth-order valence-corrected chi connectivity index (χ4v) is 5.29. The van der Waals surface area contributed by atoms with Gasteiger partial charge in [-0.25, -0.2) is 0 Å². The quantitative estimate of drug-likeness (QED) is 0.291. The molecular formula is C26H20BrClF3NO3. The van der Waals surface area contributed by atoms with Crippen molar-refractivity contribution in [3.8, 4) is 0 Å². The Labute approximate surface area is 213 Å². The summed E-state index contributed by atoms with van der Waals surface area (Å²) < 4.78 is 51.6. The van der Waals surface area contributed by atoms with Crippen molar-refractivity contribution in [3.05, 3.63) is 105 Å². The molecule has 1 heterocycles. The van der Waals surface area contributed by atoms with Crippen LogP contribution in [0, 0.1) is 5.92 Å². The van der Waals surface area contributed by atoms with Gasteiger partial charge >= 0.3 is 12.1 Å². The molecule has 0 spiro atoms. The summed E-state index contributed by atoms with van der Waals surface area (Å²) in [5, 5.41) is 3.17. The van der Waals surface area contributed by atoms with Gasteiger partial charge in [0.2, 0.25) is 0 Å². The number of benzene rings is 3. The molecule has 1 N–H and O–H groups in total. The van der Waals surface area contributed by atoms with E-state index in [-0.39, 0.29) is 11.1 Å². The summed E-state index contributed by atoms with van der Waals surface area (Å²) in [5.74, 6) is -3.61. The molecule has 1 aliphatic rings. The number of rotatable bonds is 5. The van der Waals surface area contributed by atoms with E-state index >= 15 is 13.2 Å². The first-order chi connectivity index (χ1) is 16.6. The molecule has 182 valence electrons. The molecule has 0 aromatic heterocycles. The number of Topliss-reactive ketones (excluding diaryl/α,β-unsaturated/α-hetero) is 1. The molecule has 0 aliphatic carbocycles. The number of carbonyl (C=O) groups excluding carboxylic acids is 2. The van der Waals surface area contributed by atoms with E-state index in [4.69, 9.17) is 16.3 Å². The van der Waals surface area contributed by atoms with Crippen molar-refractivity contribution in [1.82, 2.24) is 5.32 Å². The van der Waals surface area contributed by atoms with Crippen LogP contribution < -0.4 is 5.32 Å². The van der Waals surface area contributed by atoms with E-state index in [9.17, 15) is 9.59 Å². The van der Waals surface area contributed by atoms with Gasteiger partial charge in [0.15, 0.2) is 5.78 Å². The van der Waals surface area contributed by atoms with Gasteiger partial charge in [-0.1, -0.05) is 70.0 Å². The summed E-state index contributed by atoms with van der Waals surface area (Å²) in [4.78, 5) is 26.9. The summed E-state index contributed by atoms with van der Waals surface area (Å²) in [5.41, 5.74) is -2.63. The Balaban J connectivity index is 2.04. The number of alkyl halides is 3. The van der Waals surface area contributed by atoms with Crippen molar-refractivity contribution in [2.45, 2.75) is 23.7 Å². The number of carbonyl (C=O) groups is 2. The third-order valence-electron chi connectivity index (χ3n) is 6.42. The zero-order valence-electron chi connectivity index (χ0n) is 18.4. The van der Waals surface area contributed by atoms with Crippen LogP contribution in [-0.4, -0.2) is 31.1 Å². The lowest BCUT2D eigenvalue weighted by Gasteiger charge is -2.40. The Morgan fingerprint density at radius 2 is 1.57 bits per heavy atom. The highest BCUT2D eigenvalue weighted by molar-refractivity contribution is 9.10. The van der Waals surface area contributed by atoms with E-state index in [0.717, 1.165) is 11.6 Å². The summed E-state index contributed by atoms with van der Waals surface area (Å²) in [7, 11) is 1.03. The standard InChI is InChI=1S/C26H20BrClF3NO3/c1-35-24(34)23-25(26(29,30)31,17-5-3-2-4-6-17)20(22(33)16-9-13-19(28)14-10-16)21(32-23)15-7-11-18(27)12-8-15/h2-14,20-21,23,32H,1H3/t20-,21-,23+,25-/m0/s1. The second-order valence-corrected chi connectivity index (χ2v) is 9.59. The predicted octanol–water partition coefficient (Wildman–Crippen LogP) is 6.29. The van der Waals surface area contributed by atoms with Crippen molar-refractivity contribution in [1.29, 1.82) is 0 Å². The number of hydrogen-bond acceptors (Lipinski definition) is 4. The minimum atomic E-state index is -5.00. The molecule has 4 nitrogen and oxygen atoms in total. The largest absolute Gasteiger partial charge is 0.468 e. The topological polar surface area (TPSA) is 55.4 Å². The van der Waals surface area contributed by atoms with Crippen LogP contribution in [0.3, 0.4) is 0 Å². The Kier molecular flexibility index (Phi) is 7.09. The predicted molar refractivity (Wildman–Crippen MR) is 129 cm³/mol. The van der Waals surface area contributed by atoms with Gasteiger partial charge in [0, 0.05) is 21.1 Å². The molecule has 3 aromatic rings. The Hall–Kier alpha value is -2.68. The molecule has 0 bridgehead atoms. The molecule has 35 heavy (non-hydrogen) atoms. The number of nitrogens with one attached hydrogen (secondary N) is 1. The lowest BCUT2D eigenvalue weighted by Crippen LogP contribution is -2.59. The Morgan fingerprint density at radius 1 is 0.971 bits per heavy atom. The first-order valence-electron chi connectivity index (χ1n) is 10.6. The van der Waals surface area contributed by atoms with E-state index in [0.29, 0.717) is 10.6 Å². The van der Waals surface area contributed by atoms with Crippen LogP contribution in [0.15, 0.2) is 83.3 Å². The van der Waals surface area contributed by atoms with Gasteiger partial charge in [0.05, 0.1) is 13.0 Å². The highest BCUT2D eigenvalue weighted by Gasteiger charge is 2.73. The average Bonchev–Trinajstić information content (AvgIpc) is 3.22. The molecule has 0 saturated carbocycles. The second-order valence-electron chi connectivity index (χ2n) is 8.23. The van der Waals surface area contributed by atoms with Crippen LogP contribution in [0.5, 0.6) is 0 Å². The van der Waals surface area contributed by atoms with Gasteiger partial charge in [0.1, 0.15) is 11.5 Å². The smallest absolute Gasteiger partial charge is 0.401 e. The summed E-state index contributed by atoms with van der Waals surface area (Å²) in [6, 6.07) is 16.3. The van der Waals surface area contributed by atoms with Crippen LogP contribution in [0.2, 0.25) is 5.02 Å². The monoisotopic (exact) mass is 565 g/mol. The second kappa shape index (κ2) is 9.76. The molecule has 4 rings (SSSR count). The molecule has 0 unspecified atom stereocenters. The van der Waals surface area contributed by atoms with E-state index in [2.05, 4.69) is 21.2 Å². The number of methoxy groups -OCH3 is 1. The summed E-state index contributed by atoms with van der Waals surface area (Å²) in [6.07, 6.45) is -5.00. The number of ketones is 1. The Bertz CT molecular complexity index is 1220. The Morgan fingerprint density at radius 3 is 2.11 bits per heavy atom. The van der Waals surface area contributed by atoms with E-state index in [1.54, 1.807) is 30.3 Å². The maximum atomic E-state index is 15.4. The van der Waals surface area contributed by atoms with Crippen molar-refractivity contribution in [2.24, 2.45) is 5.92 Å². The SMILES string of the molecule is COC(=O)[C@H]1N[C@@H](c2ccc(Br)cc2)[C@@H](C(=O)c2ccc(Cl)cc2)[C@]1(c1ccccc1)C(F)(F)F. The van der Waals surface area contributed by atoms with Crippen molar-refractivity contribution in [2.75, 3.05) is 7.11 Å². The molecule has 0 amide bonds. The van der Waals surface area contributed by atoms with Gasteiger partial charge in [0.25, 0.3) is 0 Å². The fraction of sp³-hybridized carbons (Fsp3) is 0.231. The number of hydrogen-bond donors (Lipinski definition) is 1. The highest BCUT2D eigenvalue weighted by Crippen LogP contribution is 2.58. The first-order valence-corrected chi connectivity index (χ1v) is 11.8. The third kappa shape index (κ3) is 4.39. The van der Waals surface area contributed by atoms with E-state index in [1.165, 1.54) is 48.5 Å². The lowest BCUT2D eigenvalue weighted by atomic mass is 9.63. The zero-order chi connectivity index (χ0) is 25.4. The highest BCUT2D eigenvalue weighted by atomic mass is 79.9. The van der Waals surface area contributed by atoms with E-state index in [1.807, 2.05) is 0 Å². The van der Waals surface area contributed by atoms with E-state index < -0.39 is 41.3 Å². The molecule has 4 atom stereocenters. The van der Waals surface area contributed by atoms with Crippen LogP contribution >= 0.6 is 27.5 Å². The van der Waals surface area contributed by atoms with Gasteiger partial charge in [-0.3, -0.25) is 14.9 Å². The molecular weight excluding hydrogens is 547 g/mol. The molecule has 9 heteroatoms. The minimum absolute atomic E-state index is 0.0541. The summed E-state index contributed by atoms with van der Waals surface area (Å²) in [6.45, 7) is 0. The first kappa shape index (κ1) is 25.4. The van der Waals surface area contributed by atoms with Crippen molar-refractivity contribution < 1.29 is 27.5 Å². The molecule has 0 radical (unpaired) electrons. The van der Waals surface area contributed by atoms with Crippen molar-refractivity contribution >= 4 is 39.3 Å². The van der Waals surface area contributed by atoms with Gasteiger partial charge < -0.3 is 4.74 Å². The summed E-state index contributed by atoms with van der Waals surface area (Å²) >= 11 is 9.28. The van der Waals surface area contributed by atoms with Crippen LogP contribution in [0.1, 0.15) is 27.5 Å². The fourth-order valence-electron chi connectivity index (χ4n) is 4.90.